The first-order valence-electron chi connectivity index (χ1n) is 4.59. The molecule has 0 amide bonds. The van der Waals surface area contributed by atoms with Gasteiger partial charge in [0.25, 0.3) is 0 Å². The van der Waals surface area contributed by atoms with Crippen LogP contribution in [-0.2, 0) is 0 Å². The molecule has 11 heavy (non-hydrogen) atoms. The van der Waals surface area contributed by atoms with Crippen molar-refractivity contribution in [2.24, 2.45) is 0 Å². The second-order valence-corrected chi connectivity index (χ2v) is 3.62. The fourth-order valence-electron chi connectivity index (χ4n) is 1.54. The maximum atomic E-state index is 9.66. The van der Waals surface area contributed by atoms with Crippen LogP contribution in [0.15, 0.2) is 0 Å². The zero-order chi connectivity index (χ0) is 8.32. The Bertz CT molecular complexity index is 119. The van der Waals surface area contributed by atoms with Crippen LogP contribution in [0.2, 0.25) is 0 Å². The van der Waals surface area contributed by atoms with E-state index in [2.05, 4.69) is 6.92 Å². The molecule has 66 valence electrons. The standard InChI is InChI=1S/C9H18O2/c1-2-3-5-8(10)9(11)6-4-7-9/h8,10-11H,2-7H2,1H3. The summed E-state index contributed by atoms with van der Waals surface area (Å²) in [4.78, 5) is 0. The van der Waals surface area contributed by atoms with Gasteiger partial charge in [0.05, 0.1) is 11.7 Å². The SMILES string of the molecule is CCCCC(O)C1(O)CCC1. The summed E-state index contributed by atoms with van der Waals surface area (Å²) < 4.78 is 0. The topological polar surface area (TPSA) is 40.5 Å². The Morgan fingerprint density at radius 3 is 2.45 bits per heavy atom. The van der Waals surface area contributed by atoms with Gasteiger partial charge < -0.3 is 10.2 Å². The molecule has 0 heterocycles. The van der Waals surface area contributed by atoms with E-state index in [9.17, 15) is 10.2 Å². The largest absolute Gasteiger partial charge is 0.390 e. The number of hydrogen-bond acceptors (Lipinski definition) is 2. The van der Waals surface area contributed by atoms with E-state index in [0.717, 1.165) is 38.5 Å². The van der Waals surface area contributed by atoms with Crippen LogP contribution in [0, 0.1) is 0 Å². The molecule has 0 radical (unpaired) electrons. The van der Waals surface area contributed by atoms with Gasteiger partial charge in [-0.15, -0.1) is 0 Å². The van der Waals surface area contributed by atoms with Crippen molar-refractivity contribution in [3.63, 3.8) is 0 Å². The van der Waals surface area contributed by atoms with Gasteiger partial charge in [-0.25, -0.2) is 0 Å². The van der Waals surface area contributed by atoms with E-state index in [-0.39, 0.29) is 0 Å². The molecule has 2 nitrogen and oxygen atoms in total. The van der Waals surface area contributed by atoms with Gasteiger partial charge in [-0.1, -0.05) is 19.8 Å². The van der Waals surface area contributed by atoms with Gasteiger partial charge in [0.1, 0.15) is 0 Å². The van der Waals surface area contributed by atoms with Gasteiger partial charge in [0.15, 0.2) is 0 Å². The van der Waals surface area contributed by atoms with E-state index < -0.39 is 11.7 Å². The minimum Gasteiger partial charge on any atom is -0.390 e. The van der Waals surface area contributed by atoms with Crippen molar-refractivity contribution in [3.05, 3.63) is 0 Å². The summed E-state index contributed by atoms with van der Waals surface area (Å²) in [5, 5.41) is 19.2. The Morgan fingerprint density at radius 1 is 1.45 bits per heavy atom. The fraction of sp³-hybridized carbons (Fsp3) is 1.00. The molecule has 0 aromatic heterocycles. The van der Waals surface area contributed by atoms with Crippen molar-refractivity contribution in [2.45, 2.75) is 57.2 Å². The van der Waals surface area contributed by atoms with Gasteiger partial charge in [-0.3, -0.25) is 0 Å². The van der Waals surface area contributed by atoms with E-state index >= 15 is 0 Å². The average Bonchev–Trinajstić information content (AvgIpc) is 1.95. The van der Waals surface area contributed by atoms with Gasteiger partial charge >= 0.3 is 0 Å². The zero-order valence-electron chi connectivity index (χ0n) is 7.21. The molecular formula is C9H18O2. The molecule has 0 saturated heterocycles. The van der Waals surface area contributed by atoms with Crippen molar-refractivity contribution in [1.29, 1.82) is 0 Å². The summed E-state index contributed by atoms with van der Waals surface area (Å²) in [6, 6.07) is 0. The number of aliphatic hydroxyl groups excluding tert-OH is 1. The lowest BCUT2D eigenvalue weighted by Crippen LogP contribution is -2.48. The van der Waals surface area contributed by atoms with E-state index in [4.69, 9.17) is 0 Å². The van der Waals surface area contributed by atoms with Crippen molar-refractivity contribution < 1.29 is 10.2 Å². The quantitative estimate of drug-likeness (QED) is 0.650. The molecule has 2 heteroatoms. The minimum atomic E-state index is -0.713. The number of rotatable bonds is 4. The molecule has 1 aliphatic rings. The first kappa shape index (κ1) is 9.01. The highest BCUT2D eigenvalue weighted by Crippen LogP contribution is 2.36. The second kappa shape index (κ2) is 3.55. The number of unbranched alkanes of at least 4 members (excludes halogenated alkanes) is 1. The summed E-state index contributed by atoms with van der Waals surface area (Å²) >= 11 is 0. The molecule has 0 spiro atoms. The third kappa shape index (κ3) is 1.94. The van der Waals surface area contributed by atoms with Gasteiger partial charge in [-0.2, -0.15) is 0 Å². The van der Waals surface area contributed by atoms with Crippen molar-refractivity contribution in [1.82, 2.24) is 0 Å². The van der Waals surface area contributed by atoms with Crippen LogP contribution in [0.3, 0.4) is 0 Å². The third-order valence-electron chi connectivity index (χ3n) is 2.67. The first-order chi connectivity index (χ1) is 5.19. The summed E-state index contributed by atoms with van der Waals surface area (Å²) in [5.74, 6) is 0. The van der Waals surface area contributed by atoms with Crippen LogP contribution >= 0.6 is 0 Å². The second-order valence-electron chi connectivity index (χ2n) is 3.62. The Kier molecular flexibility index (Phi) is 2.90. The molecule has 1 rings (SSSR count). The van der Waals surface area contributed by atoms with E-state index in [1.165, 1.54) is 0 Å². The smallest absolute Gasteiger partial charge is 0.0905 e. The van der Waals surface area contributed by atoms with Gasteiger partial charge in [0, 0.05) is 0 Å². The highest BCUT2D eigenvalue weighted by Gasteiger charge is 2.40. The van der Waals surface area contributed by atoms with Crippen LogP contribution in [0.25, 0.3) is 0 Å². The predicted octanol–water partition coefficient (Wildman–Crippen LogP) is 1.45. The maximum absolute atomic E-state index is 9.66. The predicted molar refractivity (Wildman–Crippen MR) is 44.3 cm³/mol. The number of aliphatic hydroxyl groups is 2. The van der Waals surface area contributed by atoms with Gasteiger partial charge in [0.2, 0.25) is 0 Å². The summed E-state index contributed by atoms with van der Waals surface area (Å²) in [6.45, 7) is 2.09. The number of hydrogen-bond donors (Lipinski definition) is 2. The Hall–Kier alpha value is -0.0800. The highest BCUT2D eigenvalue weighted by molar-refractivity contribution is 4.93. The monoisotopic (exact) mass is 158 g/mol. The first-order valence-corrected chi connectivity index (χ1v) is 4.59. The van der Waals surface area contributed by atoms with Crippen LogP contribution < -0.4 is 0 Å². The van der Waals surface area contributed by atoms with Crippen LogP contribution in [0.1, 0.15) is 45.4 Å². The lowest BCUT2D eigenvalue weighted by atomic mass is 9.75. The Balaban J connectivity index is 2.22. The average molecular weight is 158 g/mol. The van der Waals surface area contributed by atoms with E-state index in [0.29, 0.717) is 0 Å². The molecule has 1 aliphatic carbocycles. The molecule has 1 fully saturated rings. The lowest BCUT2D eigenvalue weighted by molar-refractivity contribution is -0.127. The van der Waals surface area contributed by atoms with Crippen LogP contribution in [-0.4, -0.2) is 21.9 Å². The van der Waals surface area contributed by atoms with Crippen molar-refractivity contribution >= 4 is 0 Å². The third-order valence-corrected chi connectivity index (χ3v) is 2.67. The molecular weight excluding hydrogens is 140 g/mol. The molecule has 1 atom stereocenters. The Morgan fingerprint density at radius 2 is 2.09 bits per heavy atom. The summed E-state index contributed by atoms with van der Waals surface area (Å²) in [6.07, 6.45) is 5.04. The Labute approximate surface area is 68.2 Å². The van der Waals surface area contributed by atoms with Crippen LogP contribution in [0.4, 0.5) is 0 Å². The van der Waals surface area contributed by atoms with Crippen LogP contribution in [0.5, 0.6) is 0 Å². The molecule has 0 aliphatic heterocycles. The highest BCUT2D eigenvalue weighted by atomic mass is 16.3. The van der Waals surface area contributed by atoms with Gasteiger partial charge in [-0.05, 0) is 25.7 Å². The maximum Gasteiger partial charge on any atom is 0.0905 e. The summed E-state index contributed by atoms with van der Waals surface area (Å²) in [7, 11) is 0. The van der Waals surface area contributed by atoms with Crippen molar-refractivity contribution in [2.75, 3.05) is 0 Å². The molecule has 2 N–H and O–H groups in total. The fourth-order valence-corrected chi connectivity index (χ4v) is 1.54. The molecule has 1 saturated carbocycles. The molecule has 1 unspecified atom stereocenters. The molecule has 0 aromatic rings. The summed E-state index contributed by atoms with van der Waals surface area (Å²) in [5.41, 5.74) is -0.713. The molecule has 0 aromatic carbocycles. The minimum absolute atomic E-state index is 0.476. The van der Waals surface area contributed by atoms with E-state index in [1.807, 2.05) is 0 Å². The molecule has 0 bridgehead atoms. The lowest BCUT2D eigenvalue weighted by Gasteiger charge is -2.40. The van der Waals surface area contributed by atoms with Crippen molar-refractivity contribution in [3.8, 4) is 0 Å². The zero-order valence-corrected chi connectivity index (χ0v) is 7.21. The van der Waals surface area contributed by atoms with E-state index in [1.54, 1.807) is 0 Å². The normalized spacial score (nSPS) is 24.3.